The van der Waals surface area contributed by atoms with Crippen LogP contribution < -0.4 is 10.6 Å². The Labute approximate surface area is 140 Å². The molecule has 1 aromatic rings. The highest BCUT2D eigenvalue weighted by Crippen LogP contribution is 2.18. The maximum atomic E-state index is 12.5. The molecule has 1 aliphatic carbocycles. The monoisotopic (exact) mass is 317 g/mol. The molecule has 1 fully saturated rings. The molecule has 0 aromatic heterocycles. The Morgan fingerprint density at radius 1 is 1.09 bits per heavy atom. The van der Waals surface area contributed by atoms with Crippen LogP contribution in [0.15, 0.2) is 30.3 Å². The quantitative estimate of drug-likeness (QED) is 0.600. The fourth-order valence-corrected chi connectivity index (χ4v) is 3.36. The number of hydrogen-bond donors (Lipinski definition) is 2. The van der Waals surface area contributed by atoms with Crippen LogP contribution in [0.4, 0.5) is 0 Å². The number of carbonyl (C=O) groups is 1. The minimum atomic E-state index is -0.228. The lowest BCUT2D eigenvalue weighted by Crippen LogP contribution is -2.41. The lowest BCUT2D eigenvalue weighted by atomic mass is 10.1. The van der Waals surface area contributed by atoms with Gasteiger partial charge in [0.05, 0.1) is 0 Å². The molecule has 0 spiro atoms. The third-order valence-corrected chi connectivity index (χ3v) is 4.59. The Bertz CT molecular complexity index is 453. The first-order chi connectivity index (χ1) is 11.2. The summed E-state index contributed by atoms with van der Waals surface area (Å²) in [6.07, 6.45) is 7.96. The smallest absolute Gasteiger partial charge is 0.241 e. The lowest BCUT2D eigenvalue weighted by molar-refractivity contribution is -0.125. The minimum Gasteiger partial charge on any atom is -0.353 e. The van der Waals surface area contributed by atoms with Gasteiger partial charge in [-0.25, -0.2) is 0 Å². The van der Waals surface area contributed by atoms with Gasteiger partial charge in [0.15, 0.2) is 0 Å². The van der Waals surface area contributed by atoms with Gasteiger partial charge in [-0.3, -0.25) is 9.69 Å². The maximum Gasteiger partial charge on any atom is 0.241 e. The summed E-state index contributed by atoms with van der Waals surface area (Å²) in [5.74, 6) is 0.0730. The van der Waals surface area contributed by atoms with Gasteiger partial charge in [-0.05, 0) is 32.5 Å². The number of carbonyl (C=O) groups excluding carboxylic acids is 1. The summed E-state index contributed by atoms with van der Waals surface area (Å²) in [6, 6.07) is 10.4. The molecule has 1 atom stereocenters. The van der Waals surface area contributed by atoms with Crippen molar-refractivity contribution in [1.82, 2.24) is 15.5 Å². The summed E-state index contributed by atoms with van der Waals surface area (Å²) < 4.78 is 0. The first kappa shape index (κ1) is 18.0. The van der Waals surface area contributed by atoms with Gasteiger partial charge in [0.2, 0.25) is 5.91 Å². The number of benzene rings is 1. The van der Waals surface area contributed by atoms with E-state index in [0.717, 1.165) is 12.1 Å². The summed E-state index contributed by atoms with van der Waals surface area (Å²) >= 11 is 0. The first-order valence-electron chi connectivity index (χ1n) is 8.91. The highest BCUT2D eigenvalue weighted by atomic mass is 16.2. The molecule has 0 bridgehead atoms. The van der Waals surface area contributed by atoms with E-state index in [1.165, 1.54) is 38.5 Å². The SMILES string of the molecule is CN(C)C(C(=O)NCCNC1CCCCCC1)c1ccccc1. The predicted octanol–water partition coefficient (Wildman–Crippen LogP) is 2.72. The number of nitrogens with one attached hydrogen (secondary N) is 2. The van der Waals surface area contributed by atoms with Crippen molar-refractivity contribution >= 4 is 5.91 Å². The zero-order valence-electron chi connectivity index (χ0n) is 14.6. The molecule has 1 unspecified atom stereocenters. The van der Waals surface area contributed by atoms with Crippen molar-refractivity contribution in [2.45, 2.75) is 50.6 Å². The molecule has 4 heteroatoms. The van der Waals surface area contributed by atoms with Gasteiger partial charge < -0.3 is 10.6 Å². The largest absolute Gasteiger partial charge is 0.353 e. The number of nitrogens with zero attached hydrogens (tertiary/aromatic N) is 1. The average Bonchev–Trinajstić information content (AvgIpc) is 2.81. The molecular weight excluding hydrogens is 286 g/mol. The average molecular weight is 317 g/mol. The molecule has 2 N–H and O–H groups in total. The second-order valence-corrected chi connectivity index (χ2v) is 6.71. The van der Waals surface area contributed by atoms with E-state index in [1.807, 2.05) is 49.3 Å². The molecule has 1 amide bonds. The summed E-state index contributed by atoms with van der Waals surface area (Å²) in [7, 11) is 3.89. The summed E-state index contributed by atoms with van der Waals surface area (Å²) in [6.45, 7) is 1.54. The Kier molecular flexibility index (Phi) is 7.56. The Morgan fingerprint density at radius 3 is 2.35 bits per heavy atom. The van der Waals surface area contributed by atoms with Crippen LogP contribution in [0.3, 0.4) is 0 Å². The Morgan fingerprint density at radius 2 is 1.74 bits per heavy atom. The summed E-state index contributed by atoms with van der Waals surface area (Å²) in [5.41, 5.74) is 1.03. The van der Waals surface area contributed by atoms with Crippen LogP contribution in [0.1, 0.15) is 50.1 Å². The van der Waals surface area contributed by atoms with Gasteiger partial charge in [0, 0.05) is 19.1 Å². The van der Waals surface area contributed by atoms with Crippen LogP contribution in [-0.4, -0.2) is 44.0 Å². The van der Waals surface area contributed by atoms with Crippen LogP contribution in [0.25, 0.3) is 0 Å². The van der Waals surface area contributed by atoms with Gasteiger partial charge in [0.1, 0.15) is 6.04 Å². The Balaban J connectivity index is 1.76. The van der Waals surface area contributed by atoms with E-state index in [9.17, 15) is 4.79 Å². The van der Waals surface area contributed by atoms with Crippen LogP contribution in [0, 0.1) is 0 Å². The molecule has 0 aliphatic heterocycles. The summed E-state index contributed by atoms with van der Waals surface area (Å²) in [4.78, 5) is 14.5. The highest BCUT2D eigenvalue weighted by Gasteiger charge is 2.22. The normalized spacial score (nSPS) is 17.7. The maximum absolute atomic E-state index is 12.5. The predicted molar refractivity (Wildman–Crippen MR) is 95.4 cm³/mol. The number of amides is 1. The minimum absolute atomic E-state index is 0.0730. The molecule has 0 saturated heterocycles. The van der Waals surface area contributed by atoms with Gasteiger partial charge in [-0.2, -0.15) is 0 Å². The summed E-state index contributed by atoms with van der Waals surface area (Å²) in [5, 5.41) is 6.67. The molecule has 0 radical (unpaired) electrons. The van der Waals surface area contributed by atoms with Crippen LogP contribution in [0.2, 0.25) is 0 Å². The third kappa shape index (κ3) is 5.96. The van der Waals surface area contributed by atoms with Gasteiger partial charge in [-0.15, -0.1) is 0 Å². The molecule has 128 valence electrons. The van der Waals surface area contributed by atoms with Crippen LogP contribution in [0.5, 0.6) is 0 Å². The molecule has 23 heavy (non-hydrogen) atoms. The third-order valence-electron chi connectivity index (χ3n) is 4.59. The van der Waals surface area contributed by atoms with E-state index in [4.69, 9.17) is 0 Å². The molecule has 4 nitrogen and oxygen atoms in total. The van der Waals surface area contributed by atoms with Gasteiger partial charge in [0.25, 0.3) is 0 Å². The molecule has 1 aromatic carbocycles. The zero-order chi connectivity index (χ0) is 16.5. The standard InChI is InChI=1S/C19H31N3O/c1-22(2)18(16-10-6-5-7-11-16)19(23)21-15-14-20-17-12-8-3-4-9-13-17/h5-7,10-11,17-18,20H,3-4,8-9,12-15H2,1-2H3,(H,21,23). The first-order valence-corrected chi connectivity index (χ1v) is 8.91. The Hall–Kier alpha value is -1.39. The second-order valence-electron chi connectivity index (χ2n) is 6.71. The van der Waals surface area contributed by atoms with Crippen LogP contribution in [-0.2, 0) is 4.79 Å². The van der Waals surface area contributed by atoms with Crippen molar-refractivity contribution in [2.24, 2.45) is 0 Å². The zero-order valence-corrected chi connectivity index (χ0v) is 14.6. The van der Waals surface area contributed by atoms with E-state index >= 15 is 0 Å². The van der Waals surface area contributed by atoms with Crippen molar-refractivity contribution in [3.63, 3.8) is 0 Å². The molecular formula is C19H31N3O. The van der Waals surface area contributed by atoms with Gasteiger partial charge >= 0.3 is 0 Å². The molecule has 1 aliphatic rings. The number of hydrogen-bond acceptors (Lipinski definition) is 3. The highest BCUT2D eigenvalue weighted by molar-refractivity contribution is 5.83. The van der Waals surface area contributed by atoms with E-state index in [0.29, 0.717) is 12.6 Å². The number of likely N-dealkylation sites (N-methyl/N-ethyl adjacent to an activating group) is 1. The lowest BCUT2D eigenvalue weighted by Gasteiger charge is -2.24. The van der Waals surface area contributed by atoms with Crippen molar-refractivity contribution in [2.75, 3.05) is 27.2 Å². The molecule has 1 saturated carbocycles. The van der Waals surface area contributed by atoms with E-state index < -0.39 is 0 Å². The molecule has 0 heterocycles. The van der Waals surface area contributed by atoms with Gasteiger partial charge in [-0.1, -0.05) is 56.0 Å². The van der Waals surface area contributed by atoms with Crippen molar-refractivity contribution in [3.8, 4) is 0 Å². The van der Waals surface area contributed by atoms with Crippen molar-refractivity contribution in [1.29, 1.82) is 0 Å². The fraction of sp³-hybridized carbons (Fsp3) is 0.632. The topological polar surface area (TPSA) is 44.4 Å². The van der Waals surface area contributed by atoms with Crippen molar-refractivity contribution in [3.05, 3.63) is 35.9 Å². The number of rotatable bonds is 7. The van der Waals surface area contributed by atoms with E-state index in [1.54, 1.807) is 0 Å². The van der Waals surface area contributed by atoms with E-state index in [2.05, 4.69) is 10.6 Å². The van der Waals surface area contributed by atoms with Crippen LogP contribution >= 0.6 is 0 Å². The molecule has 2 rings (SSSR count). The fourth-order valence-electron chi connectivity index (χ4n) is 3.36. The van der Waals surface area contributed by atoms with Crippen molar-refractivity contribution < 1.29 is 4.79 Å². The second kappa shape index (κ2) is 9.68. The van der Waals surface area contributed by atoms with E-state index in [-0.39, 0.29) is 11.9 Å².